The van der Waals surface area contributed by atoms with Gasteiger partial charge in [-0.3, -0.25) is 9.69 Å². The molecule has 2 aliphatic heterocycles. The van der Waals surface area contributed by atoms with Crippen LogP contribution in [0.15, 0.2) is 24.3 Å². The molecule has 0 atom stereocenters. The van der Waals surface area contributed by atoms with E-state index in [1.807, 2.05) is 47.9 Å². The molecule has 23 heavy (non-hydrogen) atoms. The molecular formula is C17H23N3O2S. The van der Waals surface area contributed by atoms with Gasteiger partial charge in [0.1, 0.15) is 0 Å². The fraction of sp³-hybridized carbons (Fsp3) is 0.529. The third-order valence-electron chi connectivity index (χ3n) is 4.57. The van der Waals surface area contributed by atoms with Crippen molar-refractivity contribution in [3.63, 3.8) is 0 Å². The summed E-state index contributed by atoms with van der Waals surface area (Å²) in [6, 6.07) is 8.14. The van der Waals surface area contributed by atoms with Gasteiger partial charge in [-0.1, -0.05) is 17.7 Å². The van der Waals surface area contributed by atoms with Gasteiger partial charge in [-0.25, -0.2) is 4.79 Å². The van der Waals surface area contributed by atoms with Crippen molar-refractivity contribution in [1.29, 1.82) is 0 Å². The molecule has 3 rings (SSSR count). The van der Waals surface area contributed by atoms with Crippen LogP contribution in [0, 0.1) is 6.92 Å². The maximum Gasteiger partial charge on any atom is 0.317 e. The van der Waals surface area contributed by atoms with Gasteiger partial charge in [0, 0.05) is 25.3 Å². The largest absolute Gasteiger partial charge is 0.338 e. The van der Waals surface area contributed by atoms with Crippen molar-refractivity contribution in [1.82, 2.24) is 10.2 Å². The molecule has 0 radical (unpaired) electrons. The zero-order valence-corrected chi connectivity index (χ0v) is 14.5. The first-order valence-electron chi connectivity index (χ1n) is 8.12. The van der Waals surface area contributed by atoms with E-state index in [0.29, 0.717) is 25.4 Å². The van der Waals surface area contributed by atoms with E-state index in [2.05, 4.69) is 5.32 Å². The Kier molecular flexibility index (Phi) is 4.53. The quantitative estimate of drug-likeness (QED) is 0.905. The molecule has 2 heterocycles. The first-order valence-corrected chi connectivity index (χ1v) is 9.11. The summed E-state index contributed by atoms with van der Waals surface area (Å²) in [7, 11) is 0. The molecular weight excluding hydrogens is 310 g/mol. The molecule has 1 N–H and O–H groups in total. The Hall–Kier alpha value is -1.69. The third kappa shape index (κ3) is 3.04. The molecule has 2 aliphatic rings. The SMILES string of the molecule is CCNC(=O)N1CCC2(CC1)SCC(=O)N2c1ccc(C)cc1. The molecule has 6 heteroatoms. The maximum atomic E-state index is 12.5. The van der Waals surface area contributed by atoms with Crippen LogP contribution >= 0.6 is 11.8 Å². The number of urea groups is 1. The standard InChI is InChI=1S/C17H23N3O2S/c1-3-18-16(22)19-10-8-17(9-11-19)20(15(21)12-23-17)14-6-4-13(2)5-7-14/h4-7H,3,8-12H2,1-2H3,(H,18,22). The van der Waals surface area contributed by atoms with Crippen molar-refractivity contribution >= 4 is 29.4 Å². The van der Waals surface area contributed by atoms with Crippen LogP contribution in [0.4, 0.5) is 10.5 Å². The molecule has 0 aromatic heterocycles. The fourth-order valence-corrected chi connectivity index (χ4v) is 4.64. The van der Waals surface area contributed by atoms with Gasteiger partial charge in [-0.15, -0.1) is 11.8 Å². The number of thioether (sulfide) groups is 1. The van der Waals surface area contributed by atoms with Gasteiger partial charge in [-0.05, 0) is 38.8 Å². The van der Waals surface area contributed by atoms with Gasteiger partial charge < -0.3 is 10.2 Å². The summed E-state index contributed by atoms with van der Waals surface area (Å²) in [6.07, 6.45) is 1.63. The van der Waals surface area contributed by atoms with E-state index in [0.717, 1.165) is 18.5 Å². The van der Waals surface area contributed by atoms with Gasteiger partial charge >= 0.3 is 6.03 Å². The number of piperidine rings is 1. The molecule has 3 amide bonds. The van der Waals surface area contributed by atoms with Crippen molar-refractivity contribution in [3.8, 4) is 0 Å². The van der Waals surface area contributed by atoms with Crippen molar-refractivity contribution in [2.45, 2.75) is 31.6 Å². The highest BCUT2D eigenvalue weighted by Gasteiger charge is 2.49. The molecule has 2 fully saturated rings. The fourth-order valence-electron chi connectivity index (χ4n) is 3.32. The average Bonchev–Trinajstić information content (AvgIpc) is 2.86. The third-order valence-corrected chi connectivity index (χ3v) is 6.09. The van der Waals surface area contributed by atoms with Gasteiger partial charge in [0.05, 0.1) is 10.6 Å². The first-order chi connectivity index (χ1) is 11.1. The summed E-state index contributed by atoms with van der Waals surface area (Å²) in [5.74, 6) is 0.694. The molecule has 1 aromatic rings. The van der Waals surface area contributed by atoms with Crippen LogP contribution in [0.2, 0.25) is 0 Å². The van der Waals surface area contributed by atoms with Gasteiger partial charge in [0.25, 0.3) is 0 Å². The number of nitrogens with one attached hydrogen (secondary N) is 1. The van der Waals surface area contributed by atoms with Crippen LogP contribution in [-0.2, 0) is 4.79 Å². The van der Waals surface area contributed by atoms with E-state index in [-0.39, 0.29) is 16.8 Å². The average molecular weight is 333 g/mol. The second-order valence-corrected chi connectivity index (χ2v) is 7.46. The van der Waals surface area contributed by atoms with Crippen molar-refractivity contribution < 1.29 is 9.59 Å². The van der Waals surface area contributed by atoms with E-state index in [1.54, 1.807) is 11.8 Å². The summed E-state index contributed by atoms with van der Waals surface area (Å²) in [6.45, 7) is 5.99. The monoisotopic (exact) mass is 333 g/mol. The zero-order valence-electron chi connectivity index (χ0n) is 13.7. The number of aryl methyl sites for hydroxylation is 1. The predicted octanol–water partition coefficient (Wildman–Crippen LogP) is 2.60. The normalized spacial score (nSPS) is 20.2. The van der Waals surface area contributed by atoms with Crippen LogP contribution in [0.25, 0.3) is 0 Å². The Labute approximate surface area is 141 Å². The molecule has 2 saturated heterocycles. The van der Waals surface area contributed by atoms with Crippen LogP contribution in [0.3, 0.4) is 0 Å². The number of carbonyl (C=O) groups is 2. The zero-order chi connectivity index (χ0) is 16.4. The lowest BCUT2D eigenvalue weighted by atomic mass is 10.0. The van der Waals surface area contributed by atoms with Crippen molar-refractivity contribution in [3.05, 3.63) is 29.8 Å². The molecule has 124 valence electrons. The molecule has 1 spiro atoms. The number of rotatable bonds is 2. The minimum atomic E-state index is -0.199. The smallest absolute Gasteiger partial charge is 0.317 e. The van der Waals surface area contributed by atoms with Gasteiger partial charge in [-0.2, -0.15) is 0 Å². The van der Waals surface area contributed by atoms with E-state index in [9.17, 15) is 9.59 Å². The number of nitrogens with zero attached hydrogens (tertiary/aromatic N) is 2. The number of benzene rings is 1. The number of anilines is 1. The number of hydrogen-bond acceptors (Lipinski definition) is 3. The topological polar surface area (TPSA) is 52.7 Å². The maximum absolute atomic E-state index is 12.5. The molecule has 0 unspecified atom stereocenters. The predicted molar refractivity (Wildman–Crippen MR) is 93.7 cm³/mol. The Morgan fingerprint density at radius 3 is 2.52 bits per heavy atom. The molecule has 0 saturated carbocycles. The second-order valence-electron chi connectivity index (χ2n) is 6.12. The van der Waals surface area contributed by atoms with Crippen LogP contribution in [0.1, 0.15) is 25.3 Å². The molecule has 5 nitrogen and oxygen atoms in total. The number of carbonyl (C=O) groups excluding carboxylic acids is 2. The lowest BCUT2D eigenvalue weighted by molar-refractivity contribution is -0.116. The Balaban J connectivity index is 1.77. The summed E-state index contributed by atoms with van der Waals surface area (Å²) in [5.41, 5.74) is 2.16. The minimum Gasteiger partial charge on any atom is -0.338 e. The highest BCUT2D eigenvalue weighted by Crippen LogP contribution is 2.46. The number of amides is 3. The van der Waals surface area contributed by atoms with Crippen molar-refractivity contribution in [2.75, 3.05) is 30.3 Å². The van der Waals surface area contributed by atoms with E-state index in [1.165, 1.54) is 5.56 Å². The van der Waals surface area contributed by atoms with Crippen LogP contribution < -0.4 is 10.2 Å². The number of likely N-dealkylation sites (tertiary alicyclic amines) is 1. The summed E-state index contributed by atoms with van der Waals surface area (Å²) in [4.78, 5) is 28.1. The molecule has 0 aliphatic carbocycles. The van der Waals surface area contributed by atoms with E-state index in [4.69, 9.17) is 0 Å². The van der Waals surface area contributed by atoms with Gasteiger partial charge in [0.15, 0.2) is 0 Å². The summed E-state index contributed by atoms with van der Waals surface area (Å²) < 4.78 is 0. The summed E-state index contributed by atoms with van der Waals surface area (Å²) >= 11 is 1.73. The first kappa shape index (κ1) is 16.2. The lowest BCUT2D eigenvalue weighted by Gasteiger charge is -2.43. The van der Waals surface area contributed by atoms with E-state index < -0.39 is 0 Å². The van der Waals surface area contributed by atoms with Gasteiger partial charge in [0.2, 0.25) is 5.91 Å². The lowest BCUT2D eigenvalue weighted by Crippen LogP contribution is -2.54. The van der Waals surface area contributed by atoms with Crippen LogP contribution in [0.5, 0.6) is 0 Å². The highest BCUT2D eigenvalue weighted by atomic mass is 32.2. The van der Waals surface area contributed by atoms with E-state index >= 15 is 0 Å². The Morgan fingerprint density at radius 1 is 1.26 bits per heavy atom. The Bertz CT molecular complexity index is 594. The molecule has 0 bridgehead atoms. The summed E-state index contributed by atoms with van der Waals surface area (Å²) in [5, 5.41) is 2.85. The number of hydrogen-bond donors (Lipinski definition) is 1. The Morgan fingerprint density at radius 2 is 1.91 bits per heavy atom. The molecule has 1 aromatic carbocycles. The highest BCUT2D eigenvalue weighted by molar-refractivity contribution is 8.02. The van der Waals surface area contributed by atoms with Crippen LogP contribution in [-0.4, -0.2) is 47.1 Å². The minimum absolute atomic E-state index is 0.00133. The van der Waals surface area contributed by atoms with Crippen molar-refractivity contribution in [2.24, 2.45) is 0 Å². The second kappa shape index (κ2) is 6.43.